The largest absolute Gasteiger partial charge is 0.368 e. The molecule has 0 unspecified atom stereocenters. The second kappa shape index (κ2) is 7.86. The van der Waals surface area contributed by atoms with Crippen LogP contribution < -0.4 is 10.2 Å². The zero-order valence-electron chi connectivity index (χ0n) is 13.8. The van der Waals surface area contributed by atoms with Crippen LogP contribution in [0.2, 0.25) is 5.02 Å². The number of hydrogen-bond acceptors (Lipinski definition) is 2. The molecule has 0 atom stereocenters. The first kappa shape index (κ1) is 17.1. The Balaban J connectivity index is 1.59. The third-order valence-corrected chi connectivity index (χ3v) is 4.98. The summed E-state index contributed by atoms with van der Waals surface area (Å²) in [6.07, 6.45) is 0.994. The summed E-state index contributed by atoms with van der Waals surface area (Å²) in [4.78, 5) is 4.59. The van der Waals surface area contributed by atoms with Crippen molar-refractivity contribution in [2.24, 2.45) is 0 Å². The smallest absolute Gasteiger partial charge is 0.173 e. The maximum absolute atomic E-state index is 6.09. The van der Waals surface area contributed by atoms with Crippen molar-refractivity contribution in [3.05, 3.63) is 59.1 Å². The van der Waals surface area contributed by atoms with E-state index in [1.54, 1.807) is 0 Å². The lowest BCUT2D eigenvalue weighted by molar-refractivity contribution is 0.391. The lowest BCUT2D eigenvalue weighted by atomic mass is 10.1. The lowest BCUT2D eigenvalue weighted by Gasteiger charge is -2.37. The molecule has 1 aliphatic rings. The monoisotopic (exact) mass is 359 g/mol. The van der Waals surface area contributed by atoms with Gasteiger partial charge in [0.2, 0.25) is 0 Å². The molecule has 24 heavy (non-hydrogen) atoms. The number of benzene rings is 2. The summed E-state index contributed by atoms with van der Waals surface area (Å²) < 4.78 is 0. The van der Waals surface area contributed by atoms with E-state index in [4.69, 9.17) is 23.8 Å². The van der Waals surface area contributed by atoms with Crippen molar-refractivity contribution in [3.63, 3.8) is 0 Å². The molecule has 0 amide bonds. The average Bonchev–Trinajstić information content (AvgIpc) is 2.62. The van der Waals surface area contributed by atoms with E-state index in [1.807, 2.05) is 24.3 Å². The van der Waals surface area contributed by atoms with Gasteiger partial charge in [-0.3, -0.25) is 0 Å². The maximum atomic E-state index is 6.09. The van der Waals surface area contributed by atoms with Gasteiger partial charge in [-0.25, -0.2) is 0 Å². The standard InChI is InChI=1S/C19H22ClN3S/c1-2-15-6-3-4-9-18(15)21-19(24)23-12-10-22(11-13-23)17-8-5-7-16(20)14-17/h3-9,14H,2,10-13H2,1H3,(H,21,24). The zero-order chi connectivity index (χ0) is 16.9. The van der Waals surface area contributed by atoms with E-state index in [0.29, 0.717) is 0 Å². The van der Waals surface area contributed by atoms with Crippen molar-refractivity contribution >= 4 is 40.3 Å². The Morgan fingerprint density at radius 3 is 2.54 bits per heavy atom. The van der Waals surface area contributed by atoms with Crippen molar-refractivity contribution in [3.8, 4) is 0 Å². The number of hydrogen-bond donors (Lipinski definition) is 1. The predicted molar refractivity (Wildman–Crippen MR) is 107 cm³/mol. The Bertz CT molecular complexity index is 711. The van der Waals surface area contributed by atoms with Gasteiger partial charge < -0.3 is 15.1 Å². The Labute approximate surface area is 154 Å². The summed E-state index contributed by atoms with van der Waals surface area (Å²) in [5.41, 5.74) is 3.58. The van der Waals surface area contributed by atoms with Gasteiger partial charge in [0.05, 0.1) is 0 Å². The highest BCUT2D eigenvalue weighted by atomic mass is 35.5. The van der Waals surface area contributed by atoms with Gasteiger partial charge in [0.25, 0.3) is 0 Å². The SMILES string of the molecule is CCc1ccccc1NC(=S)N1CCN(c2cccc(Cl)c2)CC1. The Morgan fingerprint density at radius 2 is 1.83 bits per heavy atom. The van der Waals surface area contributed by atoms with Crippen LogP contribution >= 0.6 is 23.8 Å². The molecule has 5 heteroatoms. The molecule has 2 aromatic rings. The first-order valence-corrected chi connectivity index (χ1v) is 9.10. The van der Waals surface area contributed by atoms with Crippen LogP contribution in [0.25, 0.3) is 0 Å². The highest BCUT2D eigenvalue weighted by Gasteiger charge is 2.19. The molecule has 1 heterocycles. The summed E-state index contributed by atoms with van der Waals surface area (Å²) in [7, 11) is 0. The summed E-state index contributed by atoms with van der Waals surface area (Å²) in [5.74, 6) is 0. The fraction of sp³-hybridized carbons (Fsp3) is 0.316. The summed E-state index contributed by atoms with van der Waals surface area (Å²) in [6.45, 7) is 5.86. The fourth-order valence-electron chi connectivity index (χ4n) is 2.99. The molecule has 0 bridgehead atoms. The normalized spacial score (nSPS) is 14.6. The highest BCUT2D eigenvalue weighted by molar-refractivity contribution is 7.80. The molecule has 0 radical (unpaired) electrons. The predicted octanol–water partition coefficient (Wildman–Crippen LogP) is 4.42. The molecule has 1 saturated heterocycles. The number of para-hydroxylation sites is 1. The molecular formula is C19H22ClN3S. The molecule has 1 fully saturated rings. The molecule has 1 N–H and O–H groups in total. The third kappa shape index (κ3) is 4.00. The van der Waals surface area contributed by atoms with Crippen LogP contribution in [0.4, 0.5) is 11.4 Å². The van der Waals surface area contributed by atoms with Crippen LogP contribution in [0.5, 0.6) is 0 Å². The first-order valence-electron chi connectivity index (χ1n) is 8.31. The number of nitrogens with one attached hydrogen (secondary N) is 1. The molecule has 0 saturated carbocycles. The van der Waals surface area contributed by atoms with Crippen molar-refractivity contribution < 1.29 is 0 Å². The Kier molecular flexibility index (Phi) is 5.59. The second-order valence-corrected chi connectivity index (χ2v) is 6.72. The van der Waals surface area contributed by atoms with E-state index in [2.05, 4.69) is 46.3 Å². The number of aryl methyl sites for hydroxylation is 1. The Morgan fingerprint density at radius 1 is 1.08 bits per heavy atom. The highest BCUT2D eigenvalue weighted by Crippen LogP contribution is 2.21. The van der Waals surface area contributed by atoms with Crippen LogP contribution in [0, 0.1) is 0 Å². The summed E-state index contributed by atoms with van der Waals surface area (Å²) in [6, 6.07) is 16.4. The van der Waals surface area contributed by atoms with Crippen LogP contribution in [-0.2, 0) is 6.42 Å². The molecule has 1 aliphatic heterocycles. The average molecular weight is 360 g/mol. The molecule has 0 aromatic heterocycles. The minimum atomic E-state index is 0.781. The summed E-state index contributed by atoms with van der Waals surface area (Å²) in [5, 5.41) is 5.00. The molecule has 0 aliphatic carbocycles. The molecule has 3 rings (SSSR count). The van der Waals surface area contributed by atoms with Crippen LogP contribution in [0.1, 0.15) is 12.5 Å². The molecular weight excluding hydrogens is 338 g/mol. The molecule has 3 nitrogen and oxygen atoms in total. The number of halogens is 1. The van der Waals surface area contributed by atoms with Crippen molar-refractivity contribution in [2.75, 3.05) is 36.4 Å². The fourth-order valence-corrected chi connectivity index (χ4v) is 3.46. The van der Waals surface area contributed by atoms with Crippen LogP contribution in [-0.4, -0.2) is 36.2 Å². The van der Waals surface area contributed by atoms with Crippen molar-refractivity contribution in [1.82, 2.24) is 4.90 Å². The lowest BCUT2D eigenvalue weighted by Crippen LogP contribution is -2.50. The minimum Gasteiger partial charge on any atom is -0.368 e. The first-order chi connectivity index (χ1) is 11.7. The van der Waals surface area contributed by atoms with Crippen molar-refractivity contribution in [2.45, 2.75) is 13.3 Å². The molecule has 0 spiro atoms. The van der Waals surface area contributed by atoms with Gasteiger partial charge >= 0.3 is 0 Å². The zero-order valence-corrected chi connectivity index (χ0v) is 15.4. The van der Waals surface area contributed by atoms with Crippen molar-refractivity contribution in [1.29, 1.82) is 0 Å². The van der Waals surface area contributed by atoms with Gasteiger partial charge in [0, 0.05) is 42.6 Å². The number of rotatable bonds is 3. The number of thiocarbonyl (C=S) groups is 1. The van der Waals surface area contributed by atoms with E-state index in [0.717, 1.165) is 48.4 Å². The van der Waals surface area contributed by atoms with E-state index >= 15 is 0 Å². The quantitative estimate of drug-likeness (QED) is 0.817. The van der Waals surface area contributed by atoms with Gasteiger partial charge in [-0.15, -0.1) is 0 Å². The second-order valence-electron chi connectivity index (χ2n) is 5.89. The van der Waals surface area contributed by atoms with Gasteiger partial charge in [-0.1, -0.05) is 42.8 Å². The van der Waals surface area contributed by atoms with E-state index in [9.17, 15) is 0 Å². The van der Waals surface area contributed by atoms with Crippen LogP contribution in [0.15, 0.2) is 48.5 Å². The topological polar surface area (TPSA) is 18.5 Å². The van der Waals surface area contributed by atoms with E-state index < -0.39 is 0 Å². The number of anilines is 2. The molecule has 126 valence electrons. The summed E-state index contributed by atoms with van der Waals surface area (Å²) >= 11 is 11.7. The van der Waals surface area contributed by atoms with E-state index in [1.165, 1.54) is 11.3 Å². The van der Waals surface area contributed by atoms with Gasteiger partial charge in [-0.05, 0) is 48.5 Å². The number of nitrogens with zero attached hydrogens (tertiary/aromatic N) is 2. The van der Waals surface area contributed by atoms with E-state index in [-0.39, 0.29) is 0 Å². The Hall–Kier alpha value is -1.78. The molecule has 2 aromatic carbocycles. The van der Waals surface area contributed by atoms with Gasteiger partial charge in [-0.2, -0.15) is 0 Å². The van der Waals surface area contributed by atoms with Gasteiger partial charge in [0.1, 0.15) is 0 Å². The number of piperazine rings is 1. The maximum Gasteiger partial charge on any atom is 0.173 e. The third-order valence-electron chi connectivity index (χ3n) is 4.38. The van der Waals surface area contributed by atoms with Crippen LogP contribution in [0.3, 0.4) is 0 Å². The van der Waals surface area contributed by atoms with Gasteiger partial charge in [0.15, 0.2) is 5.11 Å². The minimum absolute atomic E-state index is 0.781.